The van der Waals surface area contributed by atoms with Crippen LogP contribution < -0.4 is 5.32 Å². The molecule has 0 aliphatic rings. The Morgan fingerprint density at radius 3 is 2.00 bits per heavy atom. The normalized spacial score (nSPS) is 11.8. The maximum absolute atomic E-state index is 13.6. The molecule has 0 spiro atoms. The van der Waals surface area contributed by atoms with Crippen LogP contribution in [-0.4, -0.2) is 28.8 Å². The Bertz CT molecular complexity index is 1090. The summed E-state index contributed by atoms with van der Waals surface area (Å²) in [6.45, 7) is 4.09. The third kappa shape index (κ3) is 7.62. The first kappa shape index (κ1) is 24.8. The summed E-state index contributed by atoms with van der Waals surface area (Å²) in [6.07, 6.45) is 0.544. The number of hydrogen-bond donors (Lipinski definition) is 1. The van der Waals surface area contributed by atoms with Gasteiger partial charge in [0, 0.05) is 29.1 Å². The molecule has 6 heteroatoms. The van der Waals surface area contributed by atoms with Crippen LogP contribution in [-0.2, 0) is 29.0 Å². The lowest BCUT2D eigenvalue weighted by atomic mass is 10.0. The second-order valence-electron chi connectivity index (χ2n) is 8.33. The number of carbonyl (C=O) groups excluding carboxylic acids is 2. The third-order valence-electron chi connectivity index (χ3n) is 5.19. The van der Waals surface area contributed by atoms with Crippen molar-refractivity contribution >= 4 is 35.0 Å². The number of nitrogens with one attached hydrogen (secondary N) is 1. The van der Waals surface area contributed by atoms with Crippen LogP contribution in [0, 0.1) is 0 Å². The van der Waals surface area contributed by atoms with Crippen LogP contribution >= 0.6 is 23.2 Å². The number of hydrogen-bond acceptors (Lipinski definition) is 2. The van der Waals surface area contributed by atoms with E-state index >= 15 is 0 Å². The topological polar surface area (TPSA) is 49.4 Å². The molecule has 0 fully saturated rings. The maximum atomic E-state index is 13.6. The van der Waals surface area contributed by atoms with Gasteiger partial charge in [-0.15, -0.1) is 0 Å². The summed E-state index contributed by atoms with van der Waals surface area (Å²) in [5, 5.41) is 4.14. The zero-order valence-corrected chi connectivity index (χ0v) is 20.3. The fourth-order valence-electron chi connectivity index (χ4n) is 3.69. The van der Waals surface area contributed by atoms with Crippen molar-refractivity contribution < 1.29 is 9.59 Å². The van der Waals surface area contributed by atoms with E-state index in [-0.39, 0.29) is 30.8 Å². The van der Waals surface area contributed by atoms with E-state index in [1.807, 2.05) is 74.5 Å². The number of carbonyl (C=O) groups is 2. The lowest BCUT2D eigenvalue weighted by Crippen LogP contribution is -2.52. The molecule has 0 saturated heterocycles. The van der Waals surface area contributed by atoms with Crippen molar-refractivity contribution in [3.63, 3.8) is 0 Å². The molecule has 0 aliphatic carbocycles. The monoisotopic (exact) mass is 482 g/mol. The Balaban J connectivity index is 1.97. The third-order valence-corrected chi connectivity index (χ3v) is 5.66. The number of halogens is 2. The van der Waals surface area contributed by atoms with Crippen LogP contribution in [0.25, 0.3) is 0 Å². The molecule has 172 valence electrons. The van der Waals surface area contributed by atoms with Gasteiger partial charge in [-0.3, -0.25) is 9.59 Å². The van der Waals surface area contributed by atoms with E-state index in [1.54, 1.807) is 23.1 Å². The van der Waals surface area contributed by atoms with Gasteiger partial charge >= 0.3 is 0 Å². The minimum Gasteiger partial charge on any atom is -0.352 e. The second kappa shape index (κ2) is 11.9. The molecule has 0 radical (unpaired) electrons. The number of amides is 2. The minimum absolute atomic E-state index is 0.0492. The smallest absolute Gasteiger partial charge is 0.243 e. The van der Waals surface area contributed by atoms with E-state index in [1.165, 1.54) is 0 Å². The SMILES string of the molecule is CC(C)NC(=O)[C@@H](Cc1ccccc1)N(Cc1cccc(Cl)c1)C(=O)Cc1cccc(Cl)c1. The van der Waals surface area contributed by atoms with Crippen molar-refractivity contribution in [3.8, 4) is 0 Å². The zero-order valence-electron chi connectivity index (χ0n) is 18.8. The van der Waals surface area contributed by atoms with Crippen LogP contribution in [0.3, 0.4) is 0 Å². The van der Waals surface area contributed by atoms with Gasteiger partial charge in [-0.05, 0) is 54.8 Å². The quantitative estimate of drug-likeness (QED) is 0.425. The number of benzene rings is 3. The molecule has 2 amide bonds. The molecule has 0 unspecified atom stereocenters. The first-order valence-electron chi connectivity index (χ1n) is 10.9. The van der Waals surface area contributed by atoms with E-state index in [9.17, 15) is 9.59 Å². The van der Waals surface area contributed by atoms with Gasteiger partial charge in [0.2, 0.25) is 11.8 Å². The molecular weight excluding hydrogens is 455 g/mol. The molecular formula is C27H28Cl2N2O2. The summed E-state index contributed by atoms with van der Waals surface area (Å²) >= 11 is 12.3. The summed E-state index contributed by atoms with van der Waals surface area (Å²) < 4.78 is 0. The Morgan fingerprint density at radius 1 is 0.818 bits per heavy atom. The first-order valence-corrected chi connectivity index (χ1v) is 11.7. The van der Waals surface area contributed by atoms with Gasteiger partial charge in [-0.1, -0.05) is 77.8 Å². The predicted molar refractivity (Wildman–Crippen MR) is 134 cm³/mol. The first-order chi connectivity index (χ1) is 15.8. The summed E-state index contributed by atoms with van der Waals surface area (Å²) in [6, 6.07) is 23.6. The highest BCUT2D eigenvalue weighted by atomic mass is 35.5. The predicted octanol–water partition coefficient (Wildman–Crippen LogP) is 5.70. The van der Waals surface area contributed by atoms with Crippen LogP contribution in [0.15, 0.2) is 78.9 Å². The maximum Gasteiger partial charge on any atom is 0.243 e. The summed E-state index contributed by atoms with van der Waals surface area (Å²) in [5.74, 6) is -0.340. The summed E-state index contributed by atoms with van der Waals surface area (Å²) in [7, 11) is 0. The van der Waals surface area contributed by atoms with Gasteiger partial charge in [0.15, 0.2) is 0 Å². The number of nitrogens with zero attached hydrogens (tertiary/aromatic N) is 1. The average Bonchev–Trinajstić information content (AvgIpc) is 2.76. The zero-order chi connectivity index (χ0) is 23.8. The molecule has 3 aromatic rings. The van der Waals surface area contributed by atoms with E-state index in [4.69, 9.17) is 23.2 Å². The molecule has 0 aromatic heterocycles. The van der Waals surface area contributed by atoms with Gasteiger partial charge in [-0.2, -0.15) is 0 Å². The molecule has 0 saturated carbocycles. The Hall–Kier alpha value is -2.82. The van der Waals surface area contributed by atoms with Crippen LogP contribution in [0.1, 0.15) is 30.5 Å². The van der Waals surface area contributed by atoms with Crippen molar-refractivity contribution in [2.45, 2.75) is 45.3 Å². The summed E-state index contributed by atoms with van der Waals surface area (Å²) in [5.41, 5.74) is 2.64. The van der Waals surface area contributed by atoms with E-state index in [0.717, 1.165) is 16.7 Å². The fourth-order valence-corrected chi connectivity index (χ4v) is 4.12. The van der Waals surface area contributed by atoms with E-state index in [2.05, 4.69) is 5.32 Å². The molecule has 1 N–H and O–H groups in total. The molecule has 4 nitrogen and oxygen atoms in total. The van der Waals surface area contributed by atoms with Crippen molar-refractivity contribution in [2.75, 3.05) is 0 Å². The highest BCUT2D eigenvalue weighted by molar-refractivity contribution is 6.30. The van der Waals surface area contributed by atoms with Crippen molar-refractivity contribution in [3.05, 3.63) is 106 Å². The van der Waals surface area contributed by atoms with Gasteiger partial charge in [0.05, 0.1) is 6.42 Å². The van der Waals surface area contributed by atoms with Crippen molar-refractivity contribution in [2.24, 2.45) is 0 Å². The minimum atomic E-state index is -0.680. The van der Waals surface area contributed by atoms with Crippen molar-refractivity contribution in [1.29, 1.82) is 0 Å². The molecule has 0 aliphatic heterocycles. The molecule has 3 aromatic carbocycles. The van der Waals surface area contributed by atoms with Crippen LogP contribution in [0.4, 0.5) is 0 Å². The van der Waals surface area contributed by atoms with Gasteiger partial charge < -0.3 is 10.2 Å². The lowest BCUT2D eigenvalue weighted by Gasteiger charge is -2.32. The fraction of sp³-hybridized carbons (Fsp3) is 0.259. The standard InChI is InChI=1S/C27H28Cl2N2O2/c1-19(2)30-27(33)25(16-20-8-4-3-5-9-20)31(18-22-11-7-13-24(29)15-22)26(32)17-21-10-6-12-23(28)14-21/h3-15,19,25H,16-18H2,1-2H3,(H,30,33)/t25-/m1/s1. The highest BCUT2D eigenvalue weighted by Gasteiger charge is 2.30. The highest BCUT2D eigenvalue weighted by Crippen LogP contribution is 2.19. The number of rotatable bonds is 9. The van der Waals surface area contributed by atoms with Gasteiger partial charge in [0.1, 0.15) is 6.04 Å². The van der Waals surface area contributed by atoms with E-state index < -0.39 is 6.04 Å². The molecule has 3 rings (SSSR count). The van der Waals surface area contributed by atoms with Crippen LogP contribution in [0.2, 0.25) is 10.0 Å². The molecule has 0 bridgehead atoms. The molecule has 33 heavy (non-hydrogen) atoms. The molecule has 0 heterocycles. The Kier molecular flexibility index (Phi) is 8.93. The van der Waals surface area contributed by atoms with Crippen molar-refractivity contribution in [1.82, 2.24) is 10.2 Å². The van der Waals surface area contributed by atoms with Gasteiger partial charge in [0.25, 0.3) is 0 Å². The summed E-state index contributed by atoms with van der Waals surface area (Å²) in [4.78, 5) is 28.6. The average molecular weight is 483 g/mol. The van der Waals surface area contributed by atoms with Crippen LogP contribution in [0.5, 0.6) is 0 Å². The lowest BCUT2D eigenvalue weighted by molar-refractivity contribution is -0.141. The Labute approximate surface area is 205 Å². The largest absolute Gasteiger partial charge is 0.352 e. The van der Waals surface area contributed by atoms with E-state index in [0.29, 0.717) is 16.5 Å². The second-order valence-corrected chi connectivity index (χ2v) is 9.20. The molecule has 1 atom stereocenters. The Morgan fingerprint density at radius 2 is 1.39 bits per heavy atom. The van der Waals surface area contributed by atoms with Gasteiger partial charge in [-0.25, -0.2) is 0 Å².